The van der Waals surface area contributed by atoms with Gasteiger partial charge in [0, 0.05) is 6.54 Å². The van der Waals surface area contributed by atoms with Crippen LogP contribution in [0.1, 0.15) is 20.3 Å². The van der Waals surface area contributed by atoms with Gasteiger partial charge in [-0.05, 0) is 18.9 Å². The van der Waals surface area contributed by atoms with Crippen molar-refractivity contribution >= 4 is 0 Å². The second-order valence-electron chi connectivity index (χ2n) is 3.00. The van der Waals surface area contributed by atoms with Gasteiger partial charge in [0.15, 0.2) is 0 Å². The summed E-state index contributed by atoms with van der Waals surface area (Å²) in [6.07, 6.45) is 3.62. The Morgan fingerprint density at radius 3 is 2.78 bits per heavy atom. The fraction of sp³-hybridized carbons (Fsp3) is 0.750. The van der Waals surface area contributed by atoms with E-state index >= 15 is 0 Å². The molecule has 1 nitrogen and oxygen atoms in total. The van der Waals surface area contributed by atoms with E-state index in [2.05, 4.69) is 25.2 Å². The van der Waals surface area contributed by atoms with E-state index in [1.54, 1.807) is 5.57 Å². The highest BCUT2D eigenvalue weighted by molar-refractivity contribution is 5.09. The molecule has 0 aromatic rings. The van der Waals surface area contributed by atoms with Gasteiger partial charge in [-0.25, -0.2) is 0 Å². The molecule has 0 unspecified atom stereocenters. The molecule has 1 aliphatic rings. The quantitative estimate of drug-likeness (QED) is 0.524. The second kappa shape index (κ2) is 3.02. The summed E-state index contributed by atoms with van der Waals surface area (Å²) in [4.78, 5) is 0. The number of allylic oxidation sites excluding steroid dienone is 1. The topological polar surface area (TPSA) is 12.0 Å². The summed E-state index contributed by atoms with van der Waals surface area (Å²) >= 11 is 0. The molecule has 1 saturated heterocycles. The maximum atomic E-state index is 3.31. The highest BCUT2D eigenvalue weighted by Crippen LogP contribution is 2.08. The fourth-order valence-electron chi connectivity index (χ4n) is 1.20. The van der Waals surface area contributed by atoms with Crippen LogP contribution in [-0.2, 0) is 0 Å². The molecular weight excluding hydrogens is 110 g/mol. The molecule has 0 amide bonds. The summed E-state index contributed by atoms with van der Waals surface area (Å²) in [5, 5.41) is 3.31. The Labute approximate surface area is 57.1 Å². The molecule has 1 heterocycles. The van der Waals surface area contributed by atoms with Crippen LogP contribution in [0.4, 0.5) is 0 Å². The van der Waals surface area contributed by atoms with Gasteiger partial charge in [0.1, 0.15) is 0 Å². The van der Waals surface area contributed by atoms with Crippen LogP contribution in [0.25, 0.3) is 0 Å². The summed E-state index contributed by atoms with van der Waals surface area (Å²) in [6, 6.07) is 0. The molecule has 0 aromatic carbocycles. The third kappa shape index (κ3) is 2.19. The Bertz CT molecular complexity index is 106. The molecule has 1 heteroatoms. The van der Waals surface area contributed by atoms with Gasteiger partial charge >= 0.3 is 0 Å². The van der Waals surface area contributed by atoms with Crippen LogP contribution < -0.4 is 5.32 Å². The molecule has 0 bridgehead atoms. The Morgan fingerprint density at radius 1 is 1.56 bits per heavy atom. The molecule has 0 atom stereocenters. The number of nitrogens with one attached hydrogen (secondary N) is 1. The predicted octanol–water partition coefficient (Wildman–Crippen LogP) is 1.56. The lowest BCUT2D eigenvalue weighted by atomic mass is 10.1. The van der Waals surface area contributed by atoms with E-state index in [0.717, 1.165) is 12.5 Å². The lowest BCUT2D eigenvalue weighted by molar-refractivity contribution is 0.816. The van der Waals surface area contributed by atoms with Gasteiger partial charge in [0.25, 0.3) is 0 Å². The standard InChI is InChI=1S/C8H15N/c1-7(2)5-8-3-4-9-6-8/h5,7,9H,3-4,6H2,1-2H3/b8-5-. The van der Waals surface area contributed by atoms with E-state index in [1.165, 1.54) is 13.0 Å². The van der Waals surface area contributed by atoms with Crippen molar-refractivity contribution in [3.8, 4) is 0 Å². The Hall–Kier alpha value is -0.300. The molecule has 0 aromatic heterocycles. The lowest BCUT2D eigenvalue weighted by Gasteiger charge is -1.96. The van der Waals surface area contributed by atoms with E-state index in [1.807, 2.05) is 0 Å². The average molecular weight is 125 g/mol. The maximum Gasteiger partial charge on any atom is 0.0165 e. The first-order valence-corrected chi connectivity index (χ1v) is 3.69. The summed E-state index contributed by atoms with van der Waals surface area (Å²) in [5.41, 5.74) is 1.59. The zero-order valence-corrected chi connectivity index (χ0v) is 6.28. The summed E-state index contributed by atoms with van der Waals surface area (Å²) in [6.45, 7) is 6.76. The molecule has 1 rings (SSSR count). The van der Waals surface area contributed by atoms with E-state index in [4.69, 9.17) is 0 Å². The Balaban J connectivity index is 2.39. The van der Waals surface area contributed by atoms with Crippen molar-refractivity contribution < 1.29 is 0 Å². The largest absolute Gasteiger partial charge is 0.313 e. The highest BCUT2D eigenvalue weighted by Gasteiger charge is 2.04. The smallest absolute Gasteiger partial charge is 0.0165 e. The first kappa shape index (κ1) is 6.81. The Morgan fingerprint density at radius 2 is 2.33 bits per heavy atom. The first-order valence-electron chi connectivity index (χ1n) is 3.69. The summed E-state index contributed by atoms with van der Waals surface area (Å²) < 4.78 is 0. The molecular formula is C8H15N. The van der Waals surface area contributed by atoms with Gasteiger partial charge in [-0.2, -0.15) is 0 Å². The highest BCUT2D eigenvalue weighted by atomic mass is 14.9. The molecule has 1 fully saturated rings. The summed E-state index contributed by atoms with van der Waals surface area (Å²) in [7, 11) is 0. The SMILES string of the molecule is CC(C)/C=C1/CCNC1. The zero-order chi connectivity index (χ0) is 6.69. The van der Waals surface area contributed by atoms with Gasteiger partial charge < -0.3 is 5.32 Å². The van der Waals surface area contributed by atoms with Crippen LogP contribution in [-0.4, -0.2) is 13.1 Å². The normalized spacial score (nSPS) is 24.1. The minimum absolute atomic E-state index is 0.722. The van der Waals surface area contributed by atoms with Crippen LogP contribution in [0, 0.1) is 5.92 Å². The van der Waals surface area contributed by atoms with Crippen molar-refractivity contribution in [2.75, 3.05) is 13.1 Å². The molecule has 1 aliphatic heterocycles. The fourth-order valence-corrected chi connectivity index (χ4v) is 1.20. The van der Waals surface area contributed by atoms with Crippen molar-refractivity contribution in [1.29, 1.82) is 0 Å². The van der Waals surface area contributed by atoms with E-state index < -0.39 is 0 Å². The minimum Gasteiger partial charge on any atom is -0.313 e. The van der Waals surface area contributed by atoms with E-state index in [-0.39, 0.29) is 0 Å². The van der Waals surface area contributed by atoms with Crippen molar-refractivity contribution in [3.05, 3.63) is 11.6 Å². The minimum atomic E-state index is 0.722. The van der Waals surface area contributed by atoms with Crippen LogP contribution in [0.5, 0.6) is 0 Å². The van der Waals surface area contributed by atoms with Crippen LogP contribution in [0.15, 0.2) is 11.6 Å². The monoisotopic (exact) mass is 125 g/mol. The first-order chi connectivity index (χ1) is 4.29. The van der Waals surface area contributed by atoms with Crippen molar-refractivity contribution in [2.24, 2.45) is 5.92 Å². The molecule has 52 valence electrons. The van der Waals surface area contributed by atoms with Crippen molar-refractivity contribution in [1.82, 2.24) is 5.32 Å². The third-order valence-electron chi connectivity index (χ3n) is 1.54. The Kier molecular flexibility index (Phi) is 2.29. The maximum absolute atomic E-state index is 3.31. The second-order valence-corrected chi connectivity index (χ2v) is 3.00. The zero-order valence-electron chi connectivity index (χ0n) is 6.28. The molecule has 9 heavy (non-hydrogen) atoms. The molecule has 0 aliphatic carbocycles. The van der Waals surface area contributed by atoms with Crippen LogP contribution in [0.2, 0.25) is 0 Å². The van der Waals surface area contributed by atoms with Crippen LogP contribution >= 0.6 is 0 Å². The number of rotatable bonds is 1. The molecule has 1 N–H and O–H groups in total. The van der Waals surface area contributed by atoms with Crippen molar-refractivity contribution in [2.45, 2.75) is 20.3 Å². The van der Waals surface area contributed by atoms with Crippen molar-refractivity contribution in [3.63, 3.8) is 0 Å². The van der Waals surface area contributed by atoms with E-state index in [0.29, 0.717) is 0 Å². The predicted molar refractivity (Wildman–Crippen MR) is 40.4 cm³/mol. The average Bonchev–Trinajstić information content (AvgIpc) is 2.15. The van der Waals surface area contributed by atoms with E-state index in [9.17, 15) is 0 Å². The van der Waals surface area contributed by atoms with Crippen LogP contribution in [0.3, 0.4) is 0 Å². The molecule has 0 saturated carbocycles. The lowest BCUT2D eigenvalue weighted by Crippen LogP contribution is -2.04. The summed E-state index contributed by atoms with van der Waals surface area (Å²) in [5.74, 6) is 0.722. The van der Waals surface area contributed by atoms with Gasteiger partial charge in [-0.3, -0.25) is 0 Å². The number of hydrogen-bond donors (Lipinski definition) is 1. The van der Waals surface area contributed by atoms with Gasteiger partial charge in [-0.1, -0.05) is 25.5 Å². The molecule has 0 spiro atoms. The third-order valence-corrected chi connectivity index (χ3v) is 1.54. The van der Waals surface area contributed by atoms with Gasteiger partial charge in [0.05, 0.1) is 0 Å². The molecule has 0 radical (unpaired) electrons. The van der Waals surface area contributed by atoms with Gasteiger partial charge in [0.2, 0.25) is 0 Å². The number of hydrogen-bond acceptors (Lipinski definition) is 1. The van der Waals surface area contributed by atoms with Gasteiger partial charge in [-0.15, -0.1) is 0 Å².